The minimum atomic E-state index is -0.628. The fourth-order valence-electron chi connectivity index (χ4n) is 1.82. The van der Waals surface area contributed by atoms with Crippen molar-refractivity contribution < 1.29 is 23.4 Å². The van der Waals surface area contributed by atoms with Crippen LogP contribution in [0, 0.1) is 5.82 Å². The van der Waals surface area contributed by atoms with Gasteiger partial charge in [-0.2, -0.15) is 0 Å². The number of benzene rings is 2. The molecule has 116 valence electrons. The van der Waals surface area contributed by atoms with Crippen molar-refractivity contribution >= 4 is 17.6 Å². The highest BCUT2D eigenvalue weighted by molar-refractivity contribution is 6.31. The molecule has 0 aliphatic rings. The second-order valence-electron chi connectivity index (χ2n) is 4.38. The lowest BCUT2D eigenvalue weighted by Gasteiger charge is -2.10. The quantitative estimate of drug-likeness (QED) is 0.784. The van der Waals surface area contributed by atoms with E-state index in [0.29, 0.717) is 11.5 Å². The van der Waals surface area contributed by atoms with Crippen LogP contribution in [-0.2, 0) is 11.3 Å². The van der Waals surface area contributed by atoms with E-state index in [2.05, 4.69) is 0 Å². The first-order valence-corrected chi connectivity index (χ1v) is 6.76. The molecule has 22 heavy (non-hydrogen) atoms. The van der Waals surface area contributed by atoms with Crippen molar-refractivity contribution in [3.05, 3.63) is 58.4 Å². The summed E-state index contributed by atoms with van der Waals surface area (Å²) in [6.45, 7) is -0.260. The van der Waals surface area contributed by atoms with E-state index in [9.17, 15) is 9.18 Å². The molecule has 0 heterocycles. The molecule has 0 N–H and O–H groups in total. The van der Waals surface area contributed by atoms with E-state index in [4.69, 9.17) is 25.8 Å². The number of ether oxygens (including phenoxy) is 3. The van der Waals surface area contributed by atoms with Gasteiger partial charge in [-0.1, -0.05) is 17.7 Å². The number of hydrogen-bond donors (Lipinski definition) is 0. The van der Waals surface area contributed by atoms with Crippen LogP contribution in [0.15, 0.2) is 36.4 Å². The Balaban J connectivity index is 2.16. The summed E-state index contributed by atoms with van der Waals surface area (Å²) < 4.78 is 28.9. The fourth-order valence-corrected chi connectivity index (χ4v) is 2.03. The van der Waals surface area contributed by atoms with Gasteiger partial charge >= 0.3 is 5.97 Å². The van der Waals surface area contributed by atoms with Gasteiger partial charge in [-0.15, -0.1) is 0 Å². The highest BCUT2D eigenvalue weighted by atomic mass is 35.5. The maximum Gasteiger partial charge on any atom is 0.338 e. The maximum absolute atomic E-state index is 13.6. The molecule has 0 amide bonds. The molecule has 4 nitrogen and oxygen atoms in total. The van der Waals surface area contributed by atoms with Crippen LogP contribution >= 0.6 is 11.6 Å². The monoisotopic (exact) mass is 324 g/mol. The summed E-state index contributed by atoms with van der Waals surface area (Å²) >= 11 is 5.88. The number of carbonyl (C=O) groups excluding carboxylic acids is 1. The highest BCUT2D eigenvalue weighted by Gasteiger charge is 2.14. The first-order valence-electron chi connectivity index (χ1n) is 6.38. The number of esters is 1. The Labute approximate surface area is 132 Å². The molecule has 0 unspecified atom stereocenters. The van der Waals surface area contributed by atoms with Crippen molar-refractivity contribution in [1.82, 2.24) is 0 Å². The molecule has 0 bridgehead atoms. The van der Waals surface area contributed by atoms with E-state index in [0.717, 1.165) is 0 Å². The summed E-state index contributed by atoms with van der Waals surface area (Å²) in [6.07, 6.45) is 0. The van der Waals surface area contributed by atoms with Crippen molar-refractivity contribution in [3.8, 4) is 11.5 Å². The molecule has 0 atom stereocenters. The lowest BCUT2D eigenvalue weighted by Crippen LogP contribution is -2.07. The second kappa shape index (κ2) is 7.13. The molecule has 0 spiro atoms. The molecule has 0 saturated carbocycles. The smallest absolute Gasteiger partial charge is 0.338 e. The van der Waals surface area contributed by atoms with E-state index in [1.54, 1.807) is 6.07 Å². The Morgan fingerprint density at radius 1 is 1.14 bits per heavy atom. The van der Waals surface area contributed by atoms with E-state index < -0.39 is 11.8 Å². The van der Waals surface area contributed by atoms with Crippen molar-refractivity contribution in [2.24, 2.45) is 0 Å². The van der Waals surface area contributed by atoms with Gasteiger partial charge in [0, 0.05) is 11.6 Å². The molecule has 0 aromatic heterocycles. The summed E-state index contributed by atoms with van der Waals surface area (Å²) in [4.78, 5) is 12.1. The average Bonchev–Trinajstić information content (AvgIpc) is 2.53. The van der Waals surface area contributed by atoms with Gasteiger partial charge in [0.2, 0.25) is 0 Å². The zero-order chi connectivity index (χ0) is 16.1. The van der Waals surface area contributed by atoms with Gasteiger partial charge in [0.25, 0.3) is 0 Å². The van der Waals surface area contributed by atoms with Crippen LogP contribution in [0.2, 0.25) is 5.02 Å². The zero-order valence-corrected chi connectivity index (χ0v) is 12.8. The predicted molar refractivity (Wildman–Crippen MR) is 80.1 cm³/mol. The lowest BCUT2D eigenvalue weighted by atomic mass is 10.2. The summed E-state index contributed by atoms with van der Waals surface area (Å²) in [7, 11) is 2.95. The van der Waals surface area contributed by atoms with Crippen LogP contribution < -0.4 is 9.47 Å². The maximum atomic E-state index is 13.6. The fraction of sp³-hybridized carbons (Fsp3) is 0.188. The molecule has 0 saturated heterocycles. The van der Waals surface area contributed by atoms with E-state index >= 15 is 0 Å². The van der Waals surface area contributed by atoms with E-state index in [-0.39, 0.29) is 22.8 Å². The van der Waals surface area contributed by atoms with Gasteiger partial charge in [-0.05, 0) is 24.3 Å². The third-order valence-corrected chi connectivity index (χ3v) is 3.35. The van der Waals surface area contributed by atoms with Crippen molar-refractivity contribution in [2.45, 2.75) is 6.61 Å². The van der Waals surface area contributed by atoms with Gasteiger partial charge in [0.1, 0.15) is 23.9 Å². The number of rotatable bonds is 5. The Morgan fingerprint density at radius 2 is 1.77 bits per heavy atom. The van der Waals surface area contributed by atoms with Gasteiger partial charge in [-0.25, -0.2) is 9.18 Å². The van der Waals surface area contributed by atoms with Crippen LogP contribution in [0.5, 0.6) is 11.5 Å². The first kappa shape index (κ1) is 16.1. The van der Waals surface area contributed by atoms with E-state index in [1.807, 2.05) is 0 Å². The molecule has 0 aliphatic carbocycles. The molecule has 0 fully saturated rings. The molecular weight excluding hydrogens is 311 g/mol. The predicted octanol–water partition coefficient (Wildman–Crippen LogP) is 3.85. The standard InChI is InChI=1S/C16H14ClFO4/c1-20-11-6-10(7-12(8-11)21-2)16(19)22-9-13-14(17)4-3-5-15(13)18/h3-8H,9H2,1-2H3. The number of methoxy groups -OCH3 is 2. The number of halogens is 2. The summed E-state index contributed by atoms with van der Waals surface area (Å²) in [5.41, 5.74) is 0.371. The van der Waals surface area contributed by atoms with Crippen LogP contribution in [0.3, 0.4) is 0 Å². The van der Waals surface area contributed by atoms with Crippen LogP contribution in [0.4, 0.5) is 4.39 Å². The number of hydrogen-bond acceptors (Lipinski definition) is 4. The normalized spacial score (nSPS) is 10.2. The first-order chi connectivity index (χ1) is 10.5. The highest BCUT2D eigenvalue weighted by Crippen LogP contribution is 2.24. The number of carbonyl (C=O) groups is 1. The molecule has 6 heteroatoms. The summed E-state index contributed by atoms with van der Waals surface area (Å²) in [5.74, 6) is -0.245. The van der Waals surface area contributed by atoms with Gasteiger partial charge < -0.3 is 14.2 Å². The topological polar surface area (TPSA) is 44.8 Å². The zero-order valence-electron chi connectivity index (χ0n) is 12.1. The van der Waals surface area contributed by atoms with Crippen molar-refractivity contribution in [1.29, 1.82) is 0 Å². The van der Waals surface area contributed by atoms with Gasteiger partial charge in [0.05, 0.1) is 24.8 Å². The van der Waals surface area contributed by atoms with Crippen molar-refractivity contribution in [3.63, 3.8) is 0 Å². The Hall–Kier alpha value is -2.27. The van der Waals surface area contributed by atoms with E-state index in [1.165, 1.54) is 44.6 Å². The summed E-state index contributed by atoms with van der Waals surface area (Å²) in [6, 6.07) is 8.91. The second-order valence-corrected chi connectivity index (χ2v) is 4.78. The van der Waals surface area contributed by atoms with Crippen LogP contribution in [0.1, 0.15) is 15.9 Å². The molecule has 2 aromatic rings. The SMILES string of the molecule is COc1cc(OC)cc(C(=O)OCc2c(F)cccc2Cl)c1. The Kier molecular flexibility index (Phi) is 5.22. The molecule has 2 rings (SSSR count). The molecule has 0 aliphatic heterocycles. The van der Waals surface area contributed by atoms with Gasteiger partial charge in [0.15, 0.2) is 0 Å². The van der Waals surface area contributed by atoms with Crippen LogP contribution in [0.25, 0.3) is 0 Å². The molecular formula is C16H14ClFO4. The third-order valence-electron chi connectivity index (χ3n) is 3.00. The largest absolute Gasteiger partial charge is 0.497 e. The average molecular weight is 325 g/mol. The molecule has 0 radical (unpaired) electrons. The minimum Gasteiger partial charge on any atom is -0.497 e. The molecule has 2 aromatic carbocycles. The van der Waals surface area contributed by atoms with Gasteiger partial charge in [-0.3, -0.25) is 0 Å². The summed E-state index contributed by atoms with van der Waals surface area (Å²) in [5, 5.41) is 0.205. The lowest BCUT2D eigenvalue weighted by molar-refractivity contribution is 0.0468. The van der Waals surface area contributed by atoms with Crippen molar-refractivity contribution in [2.75, 3.05) is 14.2 Å². The Morgan fingerprint density at radius 3 is 2.32 bits per heavy atom. The van der Waals surface area contributed by atoms with Crippen LogP contribution in [-0.4, -0.2) is 20.2 Å². The minimum absolute atomic E-state index is 0.132. The third kappa shape index (κ3) is 3.68. The Bertz CT molecular complexity index is 645.